The first-order valence-electron chi connectivity index (χ1n) is 7.19. The molecule has 0 aliphatic carbocycles. The molecule has 0 saturated heterocycles. The Hall–Kier alpha value is -2.20. The second kappa shape index (κ2) is 5.66. The Morgan fingerprint density at radius 2 is 1.71 bits per heavy atom. The van der Waals surface area contributed by atoms with Crippen LogP contribution in [-0.4, -0.2) is 21.9 Å². The Balaban J connectivity index is 1.76. The number of phenolic OH excluding ortho intramolecular Hbond substituents is 3. The number of phenols is 3. The number of benzene rings is 2. The molecule has 1 unspecified atom stereocenters. The predicted molar refractivity (Wildman–Crippen MR) is 80.6 cm³/mol. The summed E-state index contributed by atoms with van der Waals surface area (Å²) < 4.78 is 0. The standard InChI is InChI=1S/C17H19NO3/c19-13-4-1-11(2-5-13)3-6-15-14-10-17(21)16(20)9-12(14)7-8-18-15/h1-2,4-5,9-10,15,18-21H,3,6-8H2. The highest BCUT2D eigenvalue weighted by Crippen LogP contribution is 2.35. The second-order valence-electron chi connectivity index (χ2n) is 5.50. The average molecular weight is 285 g/mol. The molecule has 4 nitrogen and oxygen atoms in total. The molecular formula is C17H19NO3. The van der Waals surface area contributed by atoms with Crippen LogP contribution in [0.3, 0.4) is 0 Å². The summed E-state index contributed by atoms with van der Waals surface area (Å²) in [6, 6.07) is 10.7. The summed E-state index contributed by atoms with van der Waals surface area (Å²) in [6.07, 6.45) is 2.65. The maximum atomic E-state index is 9.70. The molecule has 0 aromatic heterocycles. The van der Waals surface area contributed by atoms with Gasteiger partial charge >= 0.3 is 0 Å². The molecule has 110 valence electrons. The van der Waals surface area contributed by atoms with Crippen LogP contribution in [0.4, 0.5) is 0 Å². The van der Waals surface area contributed by atoms with Gasteiger partial charge in [-0.1, -0.05) is 12.1 Å². The van der Waals surface area contributed by atoms with Crippen molar-refractivity contribution < 1.29 is 15.3 Å². The van der Waals surface area contributed by atoms with Crippen molar-refractivity contribution >= 4 is 0 Å². The zero-order valence-corrected chi connectivity index (χ0v) is 11.7. The number of rotatable bonds is 3. The van der Waals surface area contributed by atoms with Gasteiger partial charge in [-0.15, -0.1) is 0 Å². The normalized spacial score (nSPS) is 17.4. The molecule has 0 spiro atoms. The van der Waals surface area contributed by atoms with Gasteiger partial charge in [-0.2, -0.15) is 0 Å². The third kappa shape index (κ3) is 2.95. The van der Waals surface area contributed by atoms with E-state index in [2.05, 4.69) is 5.32 Å². The molecule has 0 saturated carbocycles. The highest BCUT2D eigenvalue weighted by atomic mass is 16.3. The number of fused-ring (bicyclic) bond motifs is 1. The first-order valence-corrected chi connectivity index (χ1v) is 7.19. The molecule has 4 heteroatoms. The summed E-state index contributed by atoms with van der Waals surface area (Å²) in [5.74, 6) is 0.167. The van der Waals surface area contributed by atoms with Gasteiger partial charge in [0.2, 0.25) is 0 Å². The maximum Gasteiger partial charge on any atom is 0.157 e. The van der Waals surface area contributed by atoms with Gasteiger partial charge in [-0.05, 0) is 66.8 Å². The molecule has 0 bridgehead atoms. The van der Waals surface area contributed by atoms with E-state index in [9.17, 15) is 15.3 Å². The van der Waals surface area contributed by atoms with Crippen LogP contribution in [0, 0.1) is 0 Å². The lowest BCUT2D eigenvalue weighted by molar-refractivity contribution is 0.397. The third-order valence-electron chi connectivity index (χ3n) is 4.05. The number of aromatic hydroxyl groups is 3. The quantitative estimate of drug-likeness (QED) is 0.654. The van der Waals surface area contributed by atoms with Crippen LogP contribution in [0.15, 0.2) is 36.4 Å². The lowest BCUT2D eigenvalue weighted by atomic mass is 9.90. The van der Waals surface area contributed by atoms with Gasteiger partial charge in [0.05, 0.1) is 0 Å². The monoisotopic (exact) mass is 285 g/mol. The van der Waals surface area contributed by atoms with Crippen LogP contribution in [-0.2, 0) is 12.8 Å². The molecule has 1 heterocycles. The van der Waals surface area contributed by atoms with Gasteiger partial charge in [0, 0.05) is 6.04 Å². The minimum Gasteiger partial charge on any atom is -0.508 e. The zero-order valence-electron chi connectivity index (χ0n) is 11.7. The van der Waals surface area contributed by atoms with E-state index in [0.717, 1.165) is 36.9 Å². The number of aryl methyl sites for hydroxylation is 1. The highest BCUT2D eigenvalue weighted by molar-refractivity contribution is 5.47. The SMILES string of the molecule is Oc1ccc(CCC2NCCc3cc(O)c(O)cc32)cc1. The molecule has 2 aromatic rings. The smallest absolute Gasteiger partial charge is 0.157 e. The molecule has 0 amide bonds. The van der Waals surface area contributed by atoms with Gasteiger partial charge in [0.25, 0.3) is 0 Å². The van der Waals surface area contributed by atoms with Crippen molar-refractivity contribution in [1.82, 2.24) is 5.32 Å². The molecule has 21 heavy (non-hydrogen) atoms. The maximum absolute atomic E-state index is 9.70. The number of nitrogens with one attached hydrogen (secondary N) is 1. The van der Waals surface area contributed by atoms with E-state index in [0.29, 0.717) is 0 Å². The Bertz CT molecular complexity index is 637. The van der Waals surface area contributed by atoms with Crippen LogP contribution in [0.5, 0.6) is 17.2 Å². The van der Waals surface area contributed by atoms with Crippen molar-refractivity contribution in [2.75, 3.05) is 6.54 Å². The van der Waals surface area contributed by atoms with Gasteiger partial charge in [-0.3, -0.25) is 0 Å². The van der Waals surface area contributed by atoms with Crippen molar-refractivity contribution in [2.24, 2.45) is 0 Å². The largest absolute Gasteiger partial charge is 0.508 e. The summed E-state index contributed by atoms with van der Waals surface area (Å²) in [6.45, 7) is 0.872. The summed E-state index contributed by atoms with van der Waals surface area (Å²) in [7, 11) is 0. The van der Waals surface area contributed by atoms with E-state index in [1.807, 2.05) is 12.1 Å². The molecular weight excluding hydrogens is 266 g/mol. The minimum atomic E-state index is -0.0629. The van der Waals surface area contributed by atoms with E-state index in [1.165, 1.54) is 5.56 Å². The summed E-state index contributed by atoms with van der Waals surface area (Å²) in [4.78, 5) is 0. The van der Waals surface area contributed by atoms with Gasteiger partial charge in [0.1, 0.15) is 5.75 Å². The average Bonchev–Trinajstić information content (AvgIpc) is 2.48. The van der Waals surface area contributed by atoms with E-state index in [-0.39, 0.29) is 23.3 Å². The van der Waals surface area contributed by atoms with E-state index >= 15 is 0 Å². The summed E-state index contributed by atoms with van der Waals surface area (Å²) in [5.41, 5.74) is 3.33. The molecule has 3 rings (SSSR count). The van der Waals surface area contributed by atoms with Crippen LogP contribution in [0.25, 0.3) is 0 Å². The van der Waals surface area contributed by atoms with Gasteiger partial charge in [-0.25, -0.2) is 0 Å². The van der Waals surface area contributed by atoms with Crippen molar-refractivity contribution in [3.8, 4) is 17.2 Å². The van der Waals surface area contributed by atoms with E-state index in [1.54, 1.807) is 24.3 Å². The van der Waals surface area contributed by atoms with Crippen LogP contribution in [0.2, 0.25) is 0 Å². The predicted octanol–water partition coefficient (Wildman–Crippen LogP) is 2.62. The van der Waals surface area contributed by atoms with E-state index in [4.69, 9.17) is 0 Å². The Morgan fingerprint density at radius 3 is 2.48 bits per heavy atom. The van der Waals surface area contributed by atoms with Crippen LogP contribution in [0.1, 0.15) is 29.2 Å². The van der Waals surface area contributed by atoms with Crippen molar-refractivity contribution in [3.05, 3.63) is 53.1 Å². The van der Waals surface area contributed by atoms with E-state index < -0.39 is 0 Å². The number of hydrogen-bond acceptors (Lipinski definition) is 4. The molecule has 0 fully saturated rings. The zero-order chi connectivity index (χ0) is 14.8. The summed E-state index contributed by atoms with van der Waals surface area (Å²) >= 11 is 0. The first-order chi connectivity index (χ1) is 10.1. The Morgan fingerprint density at radius 1 is 1.00 bits per heavy atom. The molecule has 1 aliphatic rings. The fraction of sp³-hybridized carbons (Fsp3) is 0.294. The Labute approximate surface area is 123 Å². The molecule has 2 aromatic carbocycles. The molecule has 1 atom stereocenters. The lowest BCUT2D eigenvalue weighted by Crippen LogP contribution is -2.30. The van der Waals surface area contributed by atoms with Crippen molar-refractivity contribution in [1.29, 1.82) is 0 Å². The third-order valence-corrected chi connectivity index (χ3v) is 4.05. The first kappa shape index (κ1) is 13.8. The molecule has 1 aliphatic heterocycles. The molecule has 0 radical (unpaired) electrons. The van der Waals surface area contributed by atoms with Crippen molar-refractivity contribution in [3.63, 3.8) is 0 Å². The summed E-state index contributed by atoms with van der Waals surface area (Å²) in [5, 5.41) is 32.1. The van der Waals surface area contributed by atoms with Crippen LogP contribution >= 0.6 is 0 Å². The topological polar surface area (TPSA) is 72.7 Å². The highest BCUT2D eigenvalue weighted by Gasteiger charge is 2.21. The second-order valence-corrected chi connectivity index (χ2v) is 5.50. The minimum absolute atomic E-state index is 0.0482. The molecule has 4 N–H and O–H groups in total. The Kier molecular flexibility index (Phi) is 3.71. The fourth-order valence-electron chi connectivity index (χ4n) is 2.90. The fourth-order valence-corrected chi connectivity index (χ4v) is 2.90. The van der Waals surface area contributed by atoms with Crippen LogP contribution < -0.4 is 5.32 Å². The lowest BCUT2D eigenvalue weighted by Gasteiger charge is -2.27. The van der Waals surface area contributed by atoms with Crippen molar-refractivity contribution in [2.45, 2.75) is 25.3 Å². The van der Waals surface area contributed by atoms with Gasteiger partial charge < -0.3 is 20.6 Å². The number of hydrogen-bond donors (Lipinski definition) is 4. The van der Waals surface area contributed by atoms with Gasteiger partial charge in [0.15, 0.2) is 11.5 Å².